The van der Waals surface area contributed by atoms with Gasteiger partial charge in [-0.3, -0.25) is 10.00 Å². The van der Waals surface area contributed by atoms with Crippen molar-refractivity contribution in [1.29, 1.82) is 0 Å². The predicted octanol–water partition coefficient (Wildman–Crippen LogP) is 2.44. The fraction of sp³-hybridized carbons (Fsp3) is 0.500. The Morgan fingerprint density at radius 3 is 2.91 bits per heavy atom. The van der Waals surface area contributed by atoms with E-state index in [-0.39, 0.29) is 12.1 Å². The van der Waals surface area contributed by atoms with Crippen LogP contribution in [0.2, 0.25) is 0 Å². The number of fused-ring (bicyclic) bond motifs is 1. The van der Waals surface area contributed by atoms with Crippen LogP contribution in [0, 0.1) is 0 Å². The van der Waals surface area contributed by atoms with Crippen LogP contribution in [0.25, 0.3) is 10.9 Å². The van der Waals surface area contributed by atoms with Gasteiger partial charge in [0.1, 0.15) is 5.60 Å². The molecule has 0 saturated carbocycles. The molecule has 1 aromatic heterocycles. The quantitative estimate of drug-likeness (QED) is 0.849. The smallest absolute Gasteiger partial charge is 0.410 e. The number of rotatable bonds is 1. The molecule has 1 aliphatic heterocycles. The molecule has 118 valence electrons. The standard InChI is InChI=1S/C16H22N4O2/c1-16(2,3)22-15(21)20-9-8-17-10-13(20)14-11-6-4-5-7-12(11)18-19-14/h4-7,13,17H,8-10H2,1-3H3,(H,18,19). The number of H-pyrrole nitrogens is 1. The van der Waals surface area contributed by atoms with E-state index in [4.69, 9.17) is 4.74 Å². The summed E-state index contributed by atoms with van der Waals surface area (Å²) in [6, 6.07) is 7.82. The molecule has 1 aliphatic rings. The molecule has 0 bridgehead atoms. The van der Waals surface area contributed by atoms with Crippen molar-refractivity contribution in [3.8, 4) is 0 Å². The number of hydrogen-bond donors (Lipinski definition) is 2. The van der Waals surface area contributed by atoms with Crippen LogP contribution in [0.15, 0.2) is 24.3 Å². The Hall–Kier alpha value is -2.08. The third-order valence-corrected chi connectivity index (χ3v) is 3.70. The van der Waals surface area contributed by atoms with Crippen molar-refractivity contribution in [1.82, 2.24) is 20.4 Å². The number of piperazine rings is 1. The number of aromatic nitrogens is 2. The Bertz CT molecular complexity index is 674. The number of nitrogens with one attached hydrogen (secondary N) is 2. The molecule has 0 radical (unpaired) electrons. The average molecular weight is 302 g/mol. The van der Waals surface area contributed by atoms with Crippen molar-refractivity contribution < 1.29 is 9.53 Å². The molecule has 3 rings (SSSR count). The minimum Gasteiger partial charge on any atom is -0.444 e. The first-order chi connectivity index (χ1) is 10.5. The Balaban J connectivity index is 1.91. The monoisotopic (exact) mass is 302 g/mol. The van der Waals surface area contributed by atoms with Crippen LogP contribution in [-0.2, 0) is 4.74 Å². The van der Waals surface area contributed by atoms with Crippen LogP contribution in [-0.4, -0.2) is 46.4 Å². The van der Waals surface area contributed by atoms with Gasteiger partial charge in [0.05, 0.1) is 17.3 Å². The lowest BCUT2D eigenvalue weighted by molar-refractivity contribution is 0.0115. The molecule has 6 nitrogen and oxygen atoms in total. The molecular weight excluding hydrogens is 280 g/mol. The Morgan fingerprint density at radius 2 is 2.14 bits per heavy atom. The van der Waals surface area contributed by atoms with Crippen molar-refractivity contribution in [2.45, 2.75) is 32.4 Å². The number of hydrogen-bond acceptors (Lipinski definition) is 4. The van der Waals surface area contributed by atoms with Crippen molar-refractivity contribution in [2.24, 2.45) is 0 Å². The number of nitrogens with zero attached hydrogens (tertiary/aromatic N) is 2. The highest BCUT2D eigenvalue weighted by Crippen LogP contribution is 2.28. The molecule has 2 N–H and O–H groups in total. The first-order valence-electron chi connectivity index (χ1n) is 7.59. The van der Waals surface area contributed by atoms with E-state index in [2.05, 4.69) is 15.5 Å². The van der Waals surface area contributed by atoms with Crippen LogP contribution in [0.1, 0.15) is 32.5 Å². The maximum atomic E-state index is 12.5. The zero-order valence-electron chi connectivity index (χ0n) is 13.2. The number of amides is 1. The molecule has 0 aliphatic carbocycles. The maximum Gasteiger partial charge on any atom is 0.410 e. The predicted molar refractivity (Wildman–Crippen MR) is 84.6 cm³/mol. The Morgan fingerprint density at radius 1 is 1.36 bits per heavy atom. The molecule has 1 aromatic carbocycles. The van der Waals surface area contributed by atoms with Gasteiger partial charge in [0, 0.05) is 25.0 Å². The van der Waals surface area contributed by atoms with Gasteiger partial charge < -0.3 is 10.1 Å². The van der Waals surface area contributed by atoms with E-state index in [0.29, 0.717) is 13.1 Å². The summed E-state index contributed by atoms with van der Waals surface area (Å²) in [7, 11) is 0. The molecule has 1 unspecified atom stereocenters. The normalized spacial score (nSPS) is 19.4. The summed E-state index contributed by atoms with van der Waals surface area (Å²) in [5, 5.41) is 11.8. The van der Waals surface area contributed by atoms with Crippen LogP contribution in [0.4, 0.5) is 4.79 Å². The number of ether oxygens (including phenoxy) is 1. The van der Waals surface area contributed by atoms with E-state index in [1.165, 1.54) is 0 Å². The van der Waals surface area contributed by atoms with Gasteiger partial charge in [-0.15, -0.1) is 0 Å². The van der Waals surface area contributed by atoms with Crippen LogP contribution < -0.4 is 5.32 Å². The summed E-state index contributed by atoms with van der Waals surface area (Å²) in [6.07, 6.45) is -0.280. The third kappa shape index (κ3) is 2.92. The van der Waals surface area contributed by atoms with Gasteiger partial charge in [-0.2, -0.15) is 5.10 Å². The molecular formula is C16H22N4O2. The van der Waals surface area contributed by atoms with E-state index >= 15 is 0 Å². The van der Waals surface area contributed by atoms with Gasteiger partial charge in [-0.1, -0.05) is 18.2 Å². The zero-order chi connectivity index (χ0) is 15.7. The van der Waals surface area contributed by atoms with Gasteiger partial charge in [-0.05, 0) is 26.8 Å². The number of benzene rings is 1. The first-order valence-corrected chi connectivity index (χ1v) is 7.59. The highest BCUT2D eigenvalue weighted by molar-refractivity contribution is 5.82. The topological polar surface area (TPSA) is 70.2 Å². The molecule has 0 spiro atoms. The summed E-state index contributed by atoms with van der Waals surface area (Å²) in [5.74, 6) is 0. The number of carbonyl (C=O) groups excluding carboxylic acids is 1. The summed E-state index contributed by atoms with van der Waals surface area (Å²) in [4.78, 5) is 14.3. The second-order valence-electron chi connectivity index (χ2n) is 6.55. The lowest BCUT2D eigenvalue weighted by atomic mass is 10.1. The van der Waals surface area contributed by atoms with Crippen LogP contribution in [0.5, 0.6) is 0 Å². The highest BCUT2D eigenvalue weighted by Gasteiger charge is 2.33. The summed E-state index contributed by atoms with van der Waals surface area (Å²) in [5.41, 5.74) is 1.36. The molecule has 1 fully saturated rings. The zero-order valence-corrected chi connectivity index (χ0v) is 13.2. The van der Waals surface area contributed by atoms with E-state index < -0.39 is 5.60 Å². The first kappa shape index (κ1) is 14.8. The van der Waals surface area contributed by atoms with Gasteiger partial charge in [0.2, 0.25) is 0 Å². The highest BCUT2D eigenvalue weighted by atomic mass is 16.6. The fourth-order valence-corrected chi connectivity index (χ4v) is 2.73. The Kier molecular flexibility index (Phi) is 3.78. The van der Waals surface area contributed by atoms with E-state index in [1.807, 2.05) is 45.0 Å². The van der Waals surface area contributed by atoms with Crippen molar-refractivity contribution in [3.63, 3.8) is 0 Å². The molecule has 6 heteroatoms. The largest absolute Gasteiger partial charge is 0.444 e. The Labute approximate surface area is 129 Å². The van der Waals surface area contributed by atoms with Crippen LogP contribution in [0.3, 0.4) is 0 Å². The van der Waals surface area contributed by atoms with Gasteiger partial charge in [-0.25, -0.2) is 4.79 Å². The lowest BCUT2D eigenvalue weighted by Crippen LogP contribution is -2.50. The fourth-order valence-electron chi connectivity index (χ4n) is 2.73. The second kappa shape index (κ2) is 5.61. The summed E-state index contributed by atoms with van der Waals surface area (Å²) in [6.45, 7) is 7.72. The minimum atomic E-state index is -0.497. The van der Waals surface area contributed by atoms with Crippen molar-refractivity contribution >= 4 is 17.0 Å². The SMILES string of the molecule is CC(C)(C)OC(=O)N1CCNCC1c1[nH]nc2ccccc12. The summed E-state index contributed by atoms with van der Waals surface area (Å²) < 4.78 is 5.54. The summed E-state index contributed by atoms with van der Waals surface area (Å²) >= 11 is 0. The number of carbonyl (C=O) groups is 1. The molecule has 22 heavy (non-hydrogen) atoms. The van der Waals surface area contributed by atoms with E-state index in [9.17, 15) is 4.79 Å². The minimum absolute atomic E-state index is 0.101. The average Bonchev–Trinajstić information content (AvgIpc) is 2.89. The van der Waals surface area contributed by atoms with Crippen molar-refractivity contribution in [2.75, 3.05) is 19.6 Å². The molecule has 1 saturated heterocycles. The third-order valence-electron chi connectivity index (χ3n) is 3.70. The lowest BCUT2D eigenvalue weighted by Gasteiger charge is -2.36. The van der Waals surface area contributed by atoms with Crippen molar-refractivity contribution in [3.05, 3.63) is 30.0 Å². The van der Waals surface area contributed by atoms with Gasteiger partial charge in [0.25, 0.3) is 0 Å². The van der Waals surface area contributed by atoms with E-state index in [0.717, 1.165) is 23.1 Å². The van der Waals surface area contributed by atoms with Gasteiger partial charge >= 0.3 is 6.09 Å². The molecule has 2 heterocycles. The van der Waals surface area contributed by atoms with Crippen LogP contribution >= 0.6 is 0 Å². The number of aromatic amines is 1. The molecule has 1 atom stereocenters. The molecule has 2 aromatic rings. The number of para-hydroxylation sites is 1. The molecule has 1 amide bonds. The van der Waals surface area contributed by atoms with Gasteiger partial charge in [0.15, 0.2) is 0 Å². The maximum absolute atomic E-state index is 12.5. The van der Waals surface area contributed by atoms with E-state index in [1.54, 1.807) is 4.90 Å². The second-order valence-corrected chi connectivity index (χ2v) is 6.55.